The first kappa shape index (κ1) is 11.7. The first-order valence-electron chi connectivity index (χ1n) is 6.62. The summed E-state index contributed by atoms with van der Waals surface area (Å²) in [5, 5.41) is 1.97. The van der Waals surface area contributed by atoms with Crippen molar-refractivity contribution in [3.63, 3.8) is 0 Å². The minimum Gasteiger partial charge on any atom is -0.348 e. The van der Waals surface area contributed by atoms with Crippen molar-refractivity contribution in [1.82, 2.24) is 18.9 Å². The van der Waals surface area contributed by atoms with Crippen LogP contribution in [0.2, 0.25) is 0 Å². The van der Waals surface area contributed by atoms with Crippen molar-refractivity contribution in [3.8, 4) is 0 Å². The van der Waals surface area contributed by atoms with Crippen LogP contribution in [-0.4, -0.2) is 31.3 Å². The van der Waals surface area contributed by atoms with E-state index in [1.54, 1.807) is 0 Å². The maximum atomic E-state index is 12.7. The van der Waals surface area contributed by atoms with Gasteiger partial charge in [-0.3, -0.25) is 9.20 Å². The number of aromatic nitrogens is 3. The van der Waals surface area contributed by atoms with Gasteiger partial charge in [-0.1, -0.05) is 0 Å². The molecule has 3 aromatic heterocycles. The Morgan fingerprint density at radius 3 is 3.15 bits per heavy atom. The number of hydrogen-bond donors (Lipinski definition) is 0. The third-order valence-electron chi connectivity index (χ3n) is 3.92. The van der Waals surface area contributed by atoms with Crippen LogP contribution in [0.25, 0.3) is 4.96 Å². The number of imidazole rings is 1. The fourth-order valence-electron chi connectivity index (χ4n) is 2.83. The van der Waals surface area contributed by atoms with E-state index in [1.165, 1.54) is 17.0 Å². The van der Waals surface area contributed by atoms with Crippen molar-refractivity contribution >= 4 is 22.2 Å². The number of carbonyl (C=O) groups excluding carboxylic acids is 1. The van der Waals surface area contributed by atoms with Gasteiger partial charge in [0.2, 0.25) is 0 Å². The molecular formula is C14H14N4OS. The second kappa shape index (κ2) is 4.21. The molecule has 0 spiro atoms. The number of rotatable bonds is 1. The fourth-order valence-corrected chi connectivity index (χ4v) is 3.53. The lowest BCUT2D eigenvalue weighted by Crippen LogP contribution is -2.40. The van der Waals surface area contributed by atoms with E-state index in [9.17, 15) is 4.79 Å². The molecule has 4 heterocycles. The molecule has 0 aliphatic carbocycles. The number of fused-ring (bicyclic) bond motifs is 2. The highest BCUT2D eigenvalue weighted by atomic mass is 32.1. The zero-order valence-electron chi connectivity index (χ0n) is 11.1. The Morgan fingerprint density at radius 2 is 2.30 bits per heavy atom. The van der Waals surface area contributed by atoms with Gasteiger partial charge in [0.05, 0.1) is 6.04 Å². The second-order valence-corrected chi connectivity index (χ2v) is 5.89. The van der Waals surface area contributed by atoms with Gasteiger partial charge in [-0.2, -0.15) is 0 Å². The predicted octanol–water partition coefficient (Wildman–Crippen LogP) is 2.41. The molecule has 5 nitrogen and oxygen atoms in total. The highest BCUT2D eigenvalue weighted by molar-refractivity contribution is 7.15. The Labute approximate surface area is 120 Å². The van der Waals surface area contributed by atoms with Gasteiger partial charge < -0.3 is 9.47 Å². The summed E-state index contributed by atoms with van der Waals surface area (Å²) < 4.78 is 4.11. The molecule has 1 unspecified atom stereocenters. The first-order chi connectivity index (χ1) is 9.74. The molecule has 6 heteroatoms. The van der Waals surface area contributed by atoms with E-state index in [0.717, 1.165) is 18.1 Å². The Hall–Kier alpha value is -2.08. The molecule has 1 aliphatic rings. The van der Waals surface area contributed by atoms with Gasteiger partial charge in [0.1, 0.15) is 5.69 Å². The molecule has 4 rings (SSSR count). The van der Waals surface area contributed by atoms with Crippen LogP contribution in [0.1, 0.15) is 29.1 Å². The molecule has 0 saturated carbocycles. The quantitative estimate of drug-likeness (QED) is 0.689. The number of thiazole rings is 1. The molecular weight excluding hydrogens is 272 g/mol. The summed E-state index contributed by atoms with van der Waals surface area (Å²) in [6.07, 6.45) is 5.81. The van der Waals surface area contributed by atoms with Gasteiger partial charge in [0.25, 0.3) is 5.91 Å². The average Bonchev–Trinajstić information content (AvgIpc) is 3.13. The molecule has 0 N–H and O–H groups in total. The third kappa shape index (κ3) is 1.61. The minimum absolute atomic E-state index is 0.0147. The van der Waals surface area contributed by atoms with Crippen LogP contribution >= 0.6 is 11.3 Å². The van der Waals surface area contributed by atoms with Crippen LogP contribution in [-0.2, 0) is 6.54 Å². The molecule has 0 aromatic carbocycles. The molecule has 3 aromatic rings. The summed E-state index contributed by atoms with van der Waals surface area (Å²) in [5.41, 5.74) is 1.72. The van der Waals surface area contributed by atoms with Crippen molar-refractivity contribution in [3.05, 3.63) is 47.5 Å². The number of hydrogen-bond acceptors (Lipinski definition) is 3. The molecule has 0 saturated heterocycles. The van der Waals surface area contributed by atoms with Gasteiger partial charge in [0.15, 0.2) is 4.96 Å². The lowest BCUT2D eigenvalue weighted by Gasteiger charge is -2.34. The number of carbonyl (C=O) groups is 1. The third-order valence-corrected chi connectivity index (χ3v) is 4.69. The SMILES string of the molecule is CC1c2cccn2CCN1C(=O)c1cn2ccsc2n1. The lowest BCUT2D eigenvalue weighted by atomic mass is 10.1. The molecule has 1 atom stereocenters. The zero-order valence-corrected chi connectivity index (χ0v) is 11.9. The standard InChI is InChI=1S/C14H14N4OS/c1-10-12-3-2-4-16(12)5-6-18(10)13(19)11-9-17-7-8-20-14(17)15-11/h2-4,7-10H,5-6H2,1H3. The van der Waals surface area contributed by atoms with Gasteiger partial charge >= 0.3 is 0 Å². The summed E-state index contributed by atoms with van der Waals surface area (Å²) >= 11 is 1.54. The van der Waals surface area contributed by atoms with Crippen molar-refractivity contribution < 1.29 is 4.79 Å². The van der Waals surface area contributed by atoms with Crippen LogP contribution < -0.4 is 0 Å². The van der Waals surface area contributed by atoms with Gasteiger partial charge in [-0.05, 0) is 19.1 Å². The average molecular weight is 286 g/mol. The predicted molar refractivity (Wildman–Crippen MR) is 77.0 cm³/mol. The first-order valence-corrected chi connectivity index (χ1v) is 7.50. The van der Waals surface area contributed by atoms with Gasteiger partial charge in [-0.25, -0.2) is 4.98 Å². The maximum Gasteiger partial charge on any atom is 0.274 e. The van der Waals surface area contributed by atoms with E-state index in [4.69, 9.17) is 0 Å². The smallest absolute Gasteiger partial charge is 0.274 e. The van der Waals surface area contributed by atoms with Crippen LogP contribution in [0.3, 0.4) is 0 Å². The maximum absolute atomic E-state index is 12.7. The Kier molecular flexibility index (Phi) is 2.47. The van der Waals surface area contributed by atoms with Crippen LogP contribution in [0.15, 0.2) is 36.1 Å². The molecule has 0 bridgehead atoms. The topological polar surface area (TPSA) is 42.5 Å². The highest BCUT2D eigenvalue weighted by Gasteiger charge is 2.29. The van der Waals surface area contributed by atoms with Crippen molar-refractivity contribution in [2.45, 2.75) is 19.5 Å². The van der Waals surface area contributed by atoms with Crippen LogP contribution in [0.4, 0.5) is 0 Å². The second-order valence-electron chi connectivity index (χ2n) is 5.02. The zero-order chi connectivity index (χ0) is 13.7. The monoisotopic (exact) mass is 286 g/mol. The Bertz CT molecular complexity index is 755. The molecule has 20 heavy (non-hydrogen) atoms. The van der Waals surface area contributed by atoms with E-state index < -0.39 is 0 Å². The number of nitrogens with zero attached hydrogens (tertiary/aromatic N) is 4. The van der Waals surface area contributed by atoms with E-state index in [1.807, 2.05) is 33.1 Å². The van der Waals surface area contributed by atoms with E-state index in [2.05, 4.69) is 28.7 Å². The summed E-state index contributed by atoms with van der Waals surface area (Å²) in [7, 11) is 0. The highest BCUT2D eigenvalue weighted by Crippen LogP contribution is 2.27. The molecule has 1 aliphatic heterocycles. The van der Waals surface area contributed by atoms with Crippen molar-refractivity contribution in [2.75, 3.05) is 6.54 Å². The normalized spacial score (nSPS) is 18.4. The molecule has 0 radical (unpaired) electrons. The summed E-state index contributed by atoms with van der Waals surface area (Å²) in [4.78, 5) is 19.8. The van der Waals surface area contributed by atoms with Crippen LogP contribution in [0, 0.1) is 0 Å². The van der Waals surface area contributed by atoms with Crippen molar-refractivity contribution in [1.29, 1.82) is 0 Å². The summed E-state index contributed by atoms with van der Waals surface area (Å²) in [6, 6.07) is 4.20. The van der Waals surface area contributed by atoms with Gasteiger partial charge in [-0.15, -0.1) is 11.3 Å². The minimum atomic E-state index is 0.0147. The van der Waals surface area contributed by atoms with E-state index >= 15 is 0 Å². The van der Waals surface area contributed by atoms with Crippen molar-refractivity contribution in [2.24, 2.45) is 0 Å². The Morgan fingerprint density at radius 1 is 1.40 bits per heavy atom. The fraction of sp³-hybridized carbons (Fsp3) is 0.286. The lowest BCUT2D eigenvalue weighted by molar-refractivity contribution is 0.0638. The van der Waals surface area contributed by atoms with Gasteiger partial charge in [0, 0.05) is 42.8 Å². The van der Waals surface area contributed by atoms with E-state index in [-0.39, 0.29) is 11.9 Å². The molecule has 1 amide bonds. The molecule has 102 valence electrons. The van der Waals surface area contributed by atoms with E-state index in [0.29, 0.717) is 5.69 Å². The Balaban J connectivity index is 1.67. The summed E-state index contributed by atoms with van der Waals surface area (Å²) in [5.74, 6) is 0.0147. The molecule has 0 fully saturated rings. The largest absolute Gasteiger partial charge is 0.348 e. The summed E-state index contributed by atoms with van der Waals surface area (Å²) in [6.45, 7) is 3.65. The number of amides is 1. The van der Waals surface area contributed by atoms with Crippen LogP contribution in [0.5, 0.6) is 0 Å².